The molecule has 1 aliphatic heterocycles. The third-order valence-electron chi connectivity index (χ3n) is 2.57. The van der Waals surface area contributed by atoms with Crippen LogP contribution >= 0.6 is 0 Å². The summed E-state index contributed by atoms with van der Waals surface area (Å²) in [5.41, 5.74) is 1.07. The lowest BCUT2D eigenvalue weighted by Gasteiger charge is -2.07. The SMILES string of the molecule is COc1ccc(C2CCNC2=O)cc1. The first-order valence-electron chi connectivity index (χ1n) is 4.73. The number of rotatable bonds is 2. The van der Waals surface area contributed by atoms with Crippen LogP contribution in [-0.2, 0) is 4.79 Å². The molecule has 14 heavy (non-hydrogen) atoms. The number of hydrogen-bond acceptors (Lipinski definition) is 2. The zero-order valence-corrected chi connectivity index (χ0v) is 8.12. The van der Waals surface area contributed by atoms with Crippen LogP contribution in [0.15, 0.2) is 24.3 Å². The Morgan fingerprint density at radius 3 is 2.57 bits per heavy atom. The molecule has 0 aliphatic carbocycles. The molecule has 3 nitrogen and oxygen atoms in total. The van der Waals surface area contributed by atoms with E-state index < -0.39 is 0 Å². The largest absolute Gasteiger partial charge is 0.497 e. The quantitative estimate of drug-likeness (QED) is 0.765. The lowest BCUT2D eigenvalue weighted by Crippen LogP contribution is -2.17. The van der Waals surface area contributed by atoms with E-state index in [1.807, 2.05) is 24.3 Å². The molecule has 0 radical (unpaired) electrons. The van der Waals surface area contributed by atoms with Gasteiger partial charge in [0.2, 0.25) is 5.91 Å². The van der Waals surface area contributed by atoms with E-state index in [2.05, 4.69) is 5.32 Å². The zero-order chi connectivity index (χ0) is 9.97. The molecular formula is C11H13NO2. The van der Waals surface area contributed by atoms with Gasteiger partial charge in [0, 0.05) is 6.54 Å². The monoisotopic (exact) mass is 191 g/mol. The molecule has 1 aliphatic rings. The lowest BCUT2D eigenvalue weighted by atomic mass is 9.98. The van der Waals surface area contributed by atoms with Crippen LogP contribution in [0.1, 0.15) is 17.9 Å². The molecular weight excluding hydrogens is 178 g/mol. The van der Waals surface area contributed by atoms with E-state index in [1.54, 1.807) is 7.11 Å². The van der Waals surface area contributed by atoms with E-state index in [-0.39, 0.29) is 11.8 Å². The summed E-state index contributed by atoms with van der Waals surface area (Å²) >= 11 is 0. The molecule has 1 aromatic rings. The Kier molecular flexibility index (Phi) is 2.39. The van der Waals surface area contributed by atoms with Crippen molar-refractivity contribution in [1.29, 1.82) is 0 Å². The van der Waals surface area contributed by atoms with Crippen molar-refractivity contribution in [3.8, 4) is 5.75 Å². The van der Waals surface area contributed by atoms with Crippen molar-refractivity contribution in [1.82, 2.24) is 5.32 Å². The Balaban J connectivity index is 2.20. The lowest BCUT2D eigenvalue weighted by molar-refractivity contribution is -0.120. The second-order valence-electron chi connectivity index (χ2n) is 3.41. The molecule has 1 N–H and O–H groups in total. The summed E-state index contributed by atoms with van der Waals surface area (Å²) in [5, 5.41) is 2.83. The maximum atomic E-state index is 11.4. The van der Waals surface area contributed by atoms with Gasteiger partial charge >= 0.3 is 0 Å². The highest BCUT2D eigenvalue weighted by Gasteiger charge is 2.25. The number of amides is 1. The predicted octanol–water partition coefficient (Wildman–Crippen LogP) is 1.30. The van der Waals surface area contributed by atoms with Crippen molar-refractivity contribution in [2.45, 2.75) is 12.3 Å². The van der Waals surface area contributed by atoms with Gasteiger partial charge < -0.3 is 10.1 Å². The average molecular weight is 191 g/mol. The van der Waals surface area contributed by atoms with Gasteiger partial charge in [0.25, 0.3) is 0 Å². The predicted molar refractivity (Wildman–Crippen MR) is 53.4 cm³/mol. The highest BCUT2D eigenvalue weighted by Crippen LogP contribution is 2.24. The fourth-order valence-corrected chi connectivity index (χ4v) is 1.75. The molecule has 1 heterocycles. The maximum Gasteiger partial charge on any atom is 0.227 e. The second-order valence-corrected chi connectivity index (χ2v) is 3.41. The summed E-state index contributed by atoms with van der Waals surface area (Å²) in [6.07, 6.45) is 0.894. The second kappa shape index (κ2) is 3.70. The Morgan fingerprint density at radius 2 is 2.07 bits per heavy atom. The third kappa shape index (κ3) is 1.58. The minimum Gasteiger partial charge on any atom is -0.497 e. The topological polar surface area (TPSA) is 38.3 Å². The van der Waals surface area contributed by atoms with Crippen LogP contribution in [0.3, 0.4) is 0 Å². The third-order valence-corrected chi connectivity index (χ3v) is 2.57. The number of carbonyl (C=O) groups is 1. The van der Waals surface area contributed by atoms with Gasteiger partial charge in [-0.25, -0.2) is 0 Å². The van der Waals surface area contributed by atoms with Crippen molar-refractivity contribution in [3.63, 3.8) is 0 Å². The standard InChI is InChI=1S/C11H13NO2/c1-14-9-4-2-8(3-5-9)10-6-7-12-11(10)13/h2-5,10H,6-7H2,1H3,(H,12,13). The average Bonchev–Trinajstić information content (AvgIpc) is 2.65. The molecule has 1 fully saturated rings. The van der Waals surface area contributed by atoms with Crippen LogP contribution < -0.4 is 10.1 Å². The number of hydrogen-bond donors (Lipinski definition) is 1. The first-order chi connectivity index (χ1) is 6.81. The van der Waals surface area contributed by atoms with Gasteiger partial charge in [-0.15, -0.1) is 0 Å². The van der Waals surface area contributed by atoms with Crippen LogP contribution in [-0.4, -0.2) is 19.6 Å². The van der Waals surface area contributed by atoms with Crippen molar-refractivity contribution in [2.24, 2.45) is 0 Å². The van der Waals surface area contributed by atoms with E-state index in [9.17, 15) is 4.79 Å². The van der Waals surface area contributed by atoms with Gasteiger partial charge in [-0.3, -0.25) is 4.79 Å². The Bertz CT molecular complexity index is 332. The highest BCUT2D eigenvalue weighted by atomic mass is 16.5. The van der Waals surface area contributed by atoms with Gasteiger partial charge in [0.15, 0.2) is 0 Å². The molecule has 74 valence electrons. The fourth-order valence-electron chi connectivity index (χ4n) is 1.75. The highest BCUT2D eigenvalue weighted by molar-refractivity contribution is 5.85. The molecule has 1 unspecified atom stereocenters. The van der Waals surface area contributed by atoms with Crippen LogP contribution in [0.5, 0.6) is 5.75 Å². The van der Waals surface area contributed by atoms with Gasteiger partial charge in [-0.05, 0) is 24.1 Å². The number of benzene rings is 1. The summed E-state index contributed by atoms with van der Waals surface area (Å²) in [5.74, 6) is 0.989. The molecule has 1 amide bonds. The van der Waals surface area contributed by atoms with Crippen molar-refractivity contribution in [2.75, 3.05) is 13.7 Å². The van der Waals surface area contributed by atoms with Gasteiger partial charge in [-0.2, -0.15) is 0 Å². The zero-order valence-electron chi connectivity index (χ0n) is 8.12. The maximum absolute atomic E-state index is 11.4. The number of ether oxygens (including phenoxy) is 1. The summed E-state index contributed by atoms with van der Waals surface area (Å²) in [7, 11) is 1.64. The van der Waals surface area contributed by atoms with E-state index in [1.165, 1.54) is 0 Å². The van der Waals surface area contributed by atoms with Crippen LogP contribution in [0.25, 0.3) is 0 Å². The molecule has 0 spiro atoms. The molecule has 2 rings (SSSR count). The minimum atomic E-state index is 0.0286. The Hall–Kier alpha value is -1.51. The summed E-state index contributed by atoms with van der Waals surface area (Å²) < 4.78 is 5.06. The van der Waals surface area contributed by atoms with E-state index in [0.717, 1.165) is 24.3 Å². The Morgan fingerprint density at radius 1 is 1.36 bits per heavy atom. The number of nitrogens with one attached hydrogen (secondary N) is 1. The first kappa shape index (κ1) is 9.06. The van der Waals surface area contributed by atoms with Gasteiger partial charge in [-0.1, -0.05) is 12.1 Å². The molecule has 0 bridgehead atoms. The smallest absolute Gasteiger partial charge is 0.227 e. The normalized spacial score (nSPS) is 20.6. The number of carbonyl (C=O) groups excluding carboxylic acids is 1. The van der Waals surface area contributed by atoms with E-state index in [0.29, 0.717) is 0 Å². The van der Waals surface area contributed by atoms with E-state index >= 15 is 0 Å². The van der Waals surface area contributed by atoms with Crippen molar-refractivity contribution < 1.29 is 9.53 Å². The minimum absolute atomic E-state index is 0.0286. The molecule has 0 aromatic heterocycles. The number of methoxy groups -OCH3 is 1. The molecule has 3 heteroatoms. The van der Waals surface area contributed by atoms with Crippen LogP contribution in [0.2, 0.25) is 0 Å². The first-order valence-corrected chi connectivity index (χ1v) is 4.73. The fraction of sp³-hybridized carbons (Fsp3) is 0.364. The summed E-state index contributed by atoms with van der Waals surface area (Å²) in [6, 6.07) is 7.69. The van der Waals surface area contributed by atoms with Crippen molar-refractivity contribution >= 4 is 5.91 Å². The van der Waals surface area contributed by atoms with Crippen LogP contribution in [0.4, 0.5) is 0 Å². The molecule has 0 saturated carbocycles. The van der Waals surface area contributed by atoms with E-state index in [4.69, 9.17) is 4.74 Å². The molecule has 1 saturated heterocycles. The van der Waals surface area contributed by atoms with Gasteiger partial charge in [0.1, 0.15) is 5.75 Å². The van der Waals surface area contributed by atoms with Gasteiger partial charge in [0.05, 0.1) is 13.0 Å². The summed E-state index contributed by atoms with van der Waals surface area (Å²) in [4.78, 5) is 11.4. The molecule has 1 aromatic carbocycles. The van der Waals surface area contributed by atoms with Crippen molar-refractivity contribution in [3.05, 3.63) is 29.8 Å². The Labute approximate surface area is 83.1 Å². The van der Waals surface area contributed by atoms with Crippen LogP contribution in [0, 0.1) is 0 Å². The summed E-state index contributed by atoms with van der Waals surface area (Å²) in [6.45, 7) is 0.787. The molecule has 1 atom stereocenters.